The average Bonchev–Trinajstić information content (AvgIpc) is 2.56. The standard InChI is InChI=1S/C18H19Br2OP/c19-14-6-10-17(11-7-14)22(21,16-4-2-1-3-5-16)18-12-8-15(20)9-13-18/h6-13,16H,1-5H2. The van der Waals surface area contributed by atoms with Gasteiger partial charge in [-0.2, -0.15) is 0 Å². The van der Waals surface area contributed by atoms with Gasteiger partial charge in [-0.05, 0) is 37.1 Å². The van der Waals surface area contributed by atoms with Crippen LogP contribution in [0.4, 0.5) is 0 Å². The maximum absolute atomic E-state index is 14.2. The van der Waals surface area contributed by atoms with Crippen LogP contribution in [0.2, 0.25) is 0 Å². The quantitative estimate of drug-likeness (QED) is 0.545. The summed E-state index contributed by atoms with van der Waals surface area (Å²) in [7, 11) is -2.58. The Morgan fingerprint density at radius 2 is 1.14 bits per heavy atom. The fourth-order valence-corrected chi connectivity index (χ4v) is 7.29. The fraction of sp³-hybridized carbons (Fsp3) is 0.333. The second-order valence-corrected chi connectivity index (χ2v) is 10.8. The van der Waals surface area contributed by atoms with Gasteiger partial charge in [0, 0.05) is 25.2 Å². The van der Waals surface area contributed by atoms with Crippen LogP contribution in [-0.2, 0) is 4.57 Å². The first-order valence-electron chi connectivity index (χ1n) is 7.73. The van der Waals surface area contributed by atoms with Gasteiger partial charge >= 0.3 is 0 Å². The van der Waals surface area contributed by atoms with E-state index < -0.39 is 7.14 Å². The van der Waals surface area contributed by atoms with Gasteiger partial charge in [-0.25, -0.2) is 0 Å². The van der Waals surface area contributed by atoms with Gasteiger partial charge in [-0.1, -0.05) is 75.4 Å². The van der Waals surface area contributed by atoms with E-state index in [4.69, 9.17) is 0 Å². The lowest BCUT2D eigenvalue weighted by Crippen LogP contribution is -2.27. The summed E-state index contributed by atoms with van der Waals surface area (Å²) in [5.74, 6) is 0. The lowest BCUT2D eigenvalue weighted by molar-refractivity contribution is 0.490. The van der Waals surface area contributed by atoms with E-state index in [-0.39, 0.29) is 5.66 Å². The van der Waals surface area contributed by atoms with E-state index in [1.54, 1.807) is 0 Å². The van der Waals surface area contributed by atoms with Crippen LogP contribution in [-0.4, -0.2) is 5.66 Å². The van der Waals surface area contributed by atoms with Crippen LogP contribution in [0.1, 0.15) is 32.1 Å². The number of hydrogen-bond acceptors (Lipinski definition) is 1. The Balaban J connectivity index is 2.10. The van der Waals surface area contributed by atoms with Crippen LogP contribution in [0.25, 0.3) is 0 Å². The van der Waals surface area contributed by atoms with Gasteiger partial charge in [0.05, 0.1) is 0 Å². The highest BCUT2D eigenvalue weighted by molar-refractivity contribution is 9.10. The molecule has 1 fully saturated rings. The summed E-state index contributed by atoms with van der Waals surface area (Å²) >= 11 is 6.96. The number of benzene rings is 2. The van der Waals surface area contributed by atoms with Crippen molar-refractivity contribution in [1.29, 1.82) is 0 Å². The van der Waals surface area contributed by atoms with Gasteiger partial charge in [0.1, 0.15) is 7.14 Å². The fourth-order valence-electron chi connectivity index (χ4n) is 3.34. The van der Waals surface area contributed by atoms with Crippen LogP contribution in [0.3, 0.4) is 0 Å². The molecule has 2 aromatic carbocycles. The molecular weight excluding hydrogens is 423 g/mol. The van der Waals surface area contributed by atoms with E-state index >= 15 is 0 Å². The normalized spacial score (nSPS) is 16.6. The maximum Gasteiger partial charge on any atom is 0.146 e. The molecule has 0 radical (unpaired) electrons. The van der Waals surface area contributed by atoms with Crippen molar-refractivity contribution in [3.63, 3.8) is 0 Å². The summed E-state index contributed by atoms with van der Waals surface area (Å²) in [6, 6.07) is 16.1. The summed E-state index contributed by atoms with van der Waals surface area (Å²) < 4.78 is 16.2. The molecule has 4 heteroatoms. The molecule has 0 bridgehead atoms. The number of rotatable bonds is 3. The van der Waals surface area contributed by atoms with Crippen molar-refractivity contribution in [1.82, 2.24) is 0 Å². The molecule has 0 spiro atoms. The highest BCUT2D eigenvalue weighted by Crippen LogP contribution is 2.53. The Morgan fingerprint density at radius 1 is 0.727 bits per heavy atom. The Kier molecular flexibility index (Phi) is 5.27. The van der Waals surface area contributed by atoms with Gasteiger partial charge in [-0.3, -0.25) is 0 Å². The molecule has 1 aliphatic rings. The molecule has 1 aliphatic carbocycles. The molecule has 3 rings (SSSR count). The van der Waals surface area contributed by atoms with E-state index in [2.05, 4.69) is 31.9 Å². The molecular formula is C18H19Br2OP. The van der Waals surface area contributed by atoms with Gasteiger partial charge < -0.3 is 4.57 Å². The molecule has 1 saturated carbocycles. The summed E-state index contributed by atoms with van der Waals surface area (Å²) in [4.78, 5) is 0. The van der Waals surface area contributed by atoms with Crippen LogP contribution < -0.4 is 10.6 Å². The molecule has 0 aliphatic heterocycles. The molecule has 2 aromatic rings. The number of hydrogen-bond donors (Lipinski definition) is 0. The van der Waals surface area contributed by atoms with Crippen molar-refractivity contribution < 1.29 is 4.57 Å². The lowest BCUT2D eigenvalue weighted by Gasteiger charge is -2.31. The SMILES string of the molecule is O=P(c1ccc(Br)cc1)(c1ccc(Br)cc1)C1CCCCC1. The van der Waals surface area contributed by atoms with Crippen molar-refractivity contribution in [3.05, 3.63) is 57.5 Å². The van der Waals surface area contributed by atoms with Crippen molar-refractivity contribution in [2.75, 3.05) is 0 Å². The monoisotopic (exact) mass is 440 g/mol. The Morgan fingerprint density at radius 3 is 1.55 bits per heavy atom. The Hall–Kier alpha value is -0.370. The maximum atomic E-state index is 14.2. The predicted molar refractivity (Wildman–Crippen MR) is 102 cm³/mol. The van der Waals surface area contributed by atoms with Crippen LogP contribution in [0.5, 0.6) is 0 Å². The zero-order chi connectivity index (χ0) is 15.6. The molecule has 0 N–H and O–H groups in total. The number of halogens is 2. The Bertz CT molecular complexity index is 624. The zero-order valence-electron chi connectivity index (χ0n) is 12.3. The highest BCUT2D eigenvalue weighted by atomic mass is 79.9. The summed E-state index contributed by atoms with van der Waals surface area (Å²) in [5, 5.41) is 1.98. The summed E-state index contributed by atoms with van der Waals surface area (Å²) in [5.41, 5.74) is 0.281. The van der Waals surface area contributed by atoms with Gasteiger partial charge in [0.2, 0.25) is 0 Å². The third kappa shape index (κ3) is 3.27. The Labute approximate surface area is 149 Å². The van der Waals surface area contributed by atoms with E-state index in [1.165, 1.54) is 19.3 Å². The van der Waals surface area contributed by atoms with Gasteiger partial charge in [0.25, 0.3) is 0 Å². The van der Waals surface area contributed by atoms with Gasteiger partial charge in [-0.15, -0.1) is 0 Å². The minimum absolute atomic E-state index is 0.281. The van der Waals surface area contributed by atoms with Crippen LogP contribution in [0, 0.1) is 0 Å². The highest BCUT2D eigenvalue weighted by Gasteiger charge is 2.37. The molecule has 116 valence electrons. The molecule has 0 aromatic heterocycles. The van der Waals surface area contributed by atoms with E-state index in [0.717, 1.165) is 32.4 Å². The third-order valence-corrected chi connectivity index (χ3v) is 9.24. The van der Waals surface area contributed by atoms with Gasteiger partial charge in [0.15, 0.2) is 0 Å². The van der Waals surface area contributed by atoms with Crippen molar-refractivity contribution in [2.24, 2.45) is 0 Å². The molecule has 22 heavy (non-hydrogen) atoms. The molecule has 1 nitrogen and oxygen atoms in total. The third-order valence-electron chi connectivity index (χ3n) is 4.51. The van der Waals surface area contributed by atoms with E-state index in [1.807, 2.05) is 48.5 Å². The van der Waals surface area contributed by atoms with Crippen molar-refractivity contribution in [3.8, 4) is 0 Å². The average molecular weight is 442 g/mol. The molecule has 0 atom stereocenters. The zero-order valence-corrected chi connectivity index (χ0v) is 16.4. The minimum Gasteiger partial charge on any atom is -0.313 e. The second kappa shape index (κ2) is 7.03. The first-order valence-corrected chi connectivity index (χ1v) is 11.1. The van der Waals surface area contributed by atoms with Crippen LogP contribution >= 0.6 is 39.0 Å². The van der Waals surface area contributed by atoms with Crippen molar-refractivity contribution in [2.45, 2.75) is 37.8 Å². The second-order valence-electron chi connectivity index (χ2n) is 5.90. The summed E-state index contributed by atoms with van der Waals surface area (Å²) in [6.45, 7) is 0. The van der Waals surface area contributed by atoms with E-state index in [0.29, 0.717) is 0 Å². The largest absolute Gasteiger partial charge is 0.313 e. The van der Waals surface area contributed by atoms with E-state index in [9.17, 15) is 4.57 Å². The molecule has 0 saturated heterocycles. The summed E-state index contributed by atoms with van der Waals surface area (Å²) in [6.07, 6.45) is 5.81. The topological polar surface area (TPSA) is 17.1 Å². The lowest BCUT2D eigenvalue weighted by atomic mass is 10.0. The predicted octanol–water partition coefficient (Wildman–Crippen LogP) is 5.86. The first kappa shape index (κ1) is 16.5. The molecule has 0 amide bonds. The van der Waals surface area contributed by atoms with Crippen LogP contribution in [0.15, 0.2) is 57.5 Å². The molecule has 0 unspecified atom stereocenters. The minimum atomic E-state index is -2.58. The first-order chi connectivity index (χ1) is 10.6. The smallest absolute Gasteiger partial charge is 0.146 e. The van der Waals surface area contributed by atoms with Crippen molar-refractivity contribution >= 4 is 49.6 Å². The molecule has 0 heterocycles.